The molecule has 0 aliphatic heterocycles. The highest BCUT2D eigenvalue weighted by Crippen LogP contribution is 2.24. The van der Waals surface area contributed by atoms with Gasteiger partial charge in [0.15, 0.2) is 0 Å². The molecule has 0 saturated heterocycles. The Balaban J connectivity index is 3.36. The van der Waals surface area contributed by atoms with Crippen LogP contribution in [0.15, 0.2) is 12.7 Å². The van der Waals surface area contributed by atoms with Gasteiger partial charge in [-0.15, -0.1) is 6.58 Å². The number of halogens is 2. The van der Waals surface area contributed by atoms with E-state index >= 15 is 0 Å². The zero-order valence-electron chi connectivity index (χ0n) is 6.37. The molecule has 0 N–H and O–H groups in total. The topological polar surface area (TPSA) is 0 Å². The molecule has 0 heterocycles. The van der Waals surface area contributed by atoms with Crippen molar-refractivity contribution in [2.24, 2.45) is 0 Å². The van der Waals surface area contributed by atoms with Crippen molar-refractivity contribution in [3.63, 3.8) is 0 Å². The Kier molecular flexibility index (Phi) is 4.24. The van der Waals surface area contributed by atoms with Gasteiger partial charge in [-0.25, -0.2) is 8.78 Å². The van der Waals surface area contributed by atoms with Crippen LogP contribution in [-0.2, 0) is 0 Å². The maximum Gasteiger partial charge on any atom is 0.247 e. The van der Waals surface area contributed by atoms with Crippen LogP contribution in [0.4, 0.5) is 8.78 Å². The van der Waals surface area contributed by atoms with E-state index in [-0.39, 0.29) is 12.8 Å². The van der Waals surface area contributed by atoms with Gasteiger partial charge in [0.05, 0.1) is 0 Å². The van der Waals surface area contributed by atoms with E-state index in [1.807, 2.05) is 0 Å². The van der Waals surface area contributed by atoms with Crippen LogP contribution in [0.3, 0.4) is 0 Å². The predicted molar refractivity (Wildman–Crippen MR) is 39.3 cm³/mol. The minimum absolute atomic E-state index is 0.00444. The minimum Gasteiger partial charge on any atom is -0.207 e. The molecule has 0 aromatic heterocycles. The van der Waals surface area contributed by atoms with Gasteiger partial charge in [0.25, 0.3) is 0 Å². The lowest BCUT2D eigenvalue weighted by Crippen LogP contribution is -2.13. The molecule has 0 atom stereocenters. The first-order valence-electron chi connectivity index (χ1n) is 3.61. The second-order valence-electron chi connectivity index (χ2n) is 2.39. The first-order valence-corrected chi connectivity index (χ1v) is 3.61. The van der Waals surface area contributed by atoms with E-state index in [9.17, 15) is 8.78 Å². The summed E-state index contributed by atoms with van der Waals surface area (Å²) in [6.45, 7) is 4.97. The van der Waals surface area contributed by atoms with Gasteiger partial charge in [0.1, 0.15) is 0 Å². The van der Waals surface area contributed by atoms with Crippen LogP contribution in [0.25, 0.3) is 0 Å². The van der Waals surface area contributed by atoms with Crippen molar-refractivity contribution >= 4 is 0 Å². The van der Waals surface area contributed by atoms with E-state index in [1.54, 1.807) is 6.08 Å². The highest BCUT2D eigenvalue weighted by molar-refractivity contribution is 4.70. The SMILES string of the molecule is C=CCCCC(F)(F)CC. The average molecular weight is 148 g/mol. The molecule has 2 heteroatoms. The summed E-state index contributed by atoms with van der Waals surface area (Å²) in [4.78, 5) is 0. The highest BCUT2D eigenvalue weighted by Gasteiger charge is 2.24. The Hall–Kier alpha value is -0.400. The Morgan fingerprint density at radius 2 is 2.10 bits per heavy atom. The number of unbranched alkanes of at least 4 members (excludes halogenated alkanes) is 1. The Morgan fingerprint density at radius 1 is 1.50 bits per heavy atom. The average Bonchev–Trinajstić information content (AvgIpc) is 1.89. The normalized spacial score (nSPS) is 11.5. The standard InChI is InChI=1S/C8H14F2/c1-3-5-6-7-8(9,10)4-2/h3H,1,4-7H2,2H3. The van der Waals surface area contributed by atoms with Gasteiger partial charge >= 0.3 is 0 Å². The quantitative estimate of drug-likeness (QED) is 0.414. The summed E-state index contributed by atoms with van der Waals surface area (Å²) in [6, 6.07) is 0. The third-order valence-corrected chi connectivity index (χ3v) is 1.47. The number of allylic oxidation sites excluding steroid dienone is 1. The maximum absolute atomic E-state index is 12.4. The molecule has 0 unspecified atom stereocenters. The lowest BCUT2D eigenvalue weighted by molar-refractivity contribution is -0.0129. The molecular weight excluding hydrogens is 134 g/mol. The molecule has 0 spiro atoms. The second-order valence-corrected chi connectivity index (χ2v) is 2.39. The minimum atomic E-state index is -2.46. The van der Waals surface area contributed by atoms with Crippen molar-refractivity contribution in [2.45, 2.75) is 38.5 Å². The molecule has 0 aromatic carbocycles. The zero-order chi connectivity index (χ0) is 8.04. The Labute approximate surface area is 60.9 Å². The third-order valence-electron chi connectivity index (χ3n) is 1.47. The summed E-state index contributed by atoms with van der Waals surface area (Å²) < 4.78 is 24.9. The molecular formula is C8H14F2. The fraction of sp³-hybridized carbons (Fsp3) is 0.750. The summed E-state index contributed by atoms with van der Waals surface area (Å²) in [6.07, 6.45) is 2.85. The van der Waals surface area contributed by atoms with E-state index in [1.165, 1.54) is 6.92 Å². The summed E-state index contributed by atoms with van der Waals surface area (Å²) >= 11 is 0. The summed E-state index contributed by atoms with van der Waals surface area (Å²) in [7, 11) is 0. The fourth-order valence-electron chi connectivity index (χ4n) is 0.682. The molecule has 0 aromatic rings. The van der Waals surface area contributed by atoms with E-state index in [0.717, 1.165) is 0 Å². The van der Waals surface area contributed by atoms with Gasteiger partial charge in [-0.2, -0.15) is 0 Å². The molecule has 60 valence electrons. The van der Waals surface area contributed by atoms with Gasteiger partial charge in [0, 0.05) is 12.8 Å². The monoisotopic (exact) mass is 148 g/mol. The molecule has 0 nitrogen and oxygen atoms in total. The van der Waals surface area contributed by atoms with Crippen molar-refractivity contribution in [2.75, 3.05) is 0 Å². The van der Waals surface area contributed by atoms with Gasteiger partial charge in [-0.1, -0.05) is 13.0 Å². The Morgan fingerprint density at radius 3 is 2.50 bits per heavy atom. The first kappa shape index (κ1) is 9.60. The van der Waals surface area contributed by atoms with Crippen LogP contribution in [0.5, 0.6) is 0 Å². The molecule has 0 radical (unpaired) electrons. The maximum atomic E-state index is 12.4. The molecule has 0 amide bonds. The molecule has 0 saturated carbocycles. The van der Waals surface area contributed by atoms with Crippen LogP contribution in [-0.4, -0.2) is 5.92 Å². The first-order chi connectivity index (χ1) is 4.62. The van der Waals surface area contributed by atoms with Crippen LogP contribution >= 0.6 is 0 Å². The zero-order valence-corrected chi connectivity index (χ0v) is 6.37. The van der Waals surface area contributed by atoms with Gasteiger partial charge < -0.3 is 0 Å². The van der Waals surface area contributed by atoms with Crippen LogP contribution in [0.1, 0.15) is 32.6 Å². The molecule has 0 fully saturated rings. The van der Waals surface area contributed by atoms with Crippen molar-refractivity contribution in [3.05, 3.63) is 12.7 Å². The van der Waals surface area contributed by atoms with Gasteiger partial charge in [-0.3, -0.25) is 0 Å². The lowest BCUT2D eigenvalue weighted by atomic mass is 10.1. The number of hydrogen-bond donors (Lipinski definition) is 0. The molecule has 10 heavy (non-hydrogen) atoms. The van der Waals surface area contributed by atoms with Gasteiger partial charge in [-0.05, 0) is 12.8 Å². The fourth-order valence-corrected chi connectivity index (χ4v) is 0.682. The van der Waals surface area contributed by atoms with Crippen LogP contribution in [0.2, 0.25) is 0 Å². The van der Waals surface area contributed by atoms with E-state index in [0.29, 0.717) is 12.8 Å². The van der Waals surface area contributed by atoms with E-state index in [4.69, 9.17) is 0 Å². The second kappa shape index (κ2) is 4.42. The van der Waals surface area contributed by atoms with E-state index < -0.39 is 5.92 Å². The van der Waals surface area contributed by atoms with Crippen LogP contribution < -0.4 is 0 Å². The van der Waals surface area contributed by atoms with Gasteiger partial charge in [0.2, 0.25) is 5.92 Å². The van der Waals surface area contributed by atoms with Crippen molar-refractivity contribution in [1.82, 2.24) is 0 Å². The number of hydrogen-bond acceptors (Lipinski definition) is 0. The Bertz CT molecular complexity index is 97.4. The summed E-state index contributed by atoms with van der Waals surface area (Å²) in [5, 5.41) is 0. The summed E-state index contributed by atoms with van der Waals surface area (Å²) in [5.41, 5.74) is 0. The van der Waals surface area contributed by atoms with Crippen molar-refractivity contribution in [1.29, 1.82) is 0 Å². The summed E-state index contributed by atoms with van der Waals surface area (Å²) in [5.74, 6) is -2.46. The number of alkyl halides is 2. The van der Waals surface area contributed by atoms with Crippen molar-refractivity contribution < 1.29 is 8.78 Å². The predicted octanol–water partition coefficient (Wildman–Crippen LogP) is 3.39. The largest absolute Gasteiger partial charge is 0.247 e. The van der Waals surface area contributed by atoms with E-state index in [2.05, 4.69) is 6.58 Å². The molecule has 0 aliphatic rings. The van der Waals surface area contributed by atoms with Crippen LogP contribution in [0, 0.1) is 0 Å². The van der Waals surface area contributed by atoms with Crippen molar-refractivity contribution in [3.8, 4) is 0 Å². The smallest absolute Gasteiger partial charge is 0.207 e. The molecule has 0 aliphatic carbocycles. The molecule has 0 rings (SSSR count). The lowest BCUT2D eigenvalue weighted by Gasteiger charge is -2.11. The molecule has 0 bridgehead atoms. The number of rotatable bonds is 5. The highest BCUT2D eigenvalue weighted by atomic mass is 19.3. The third kappa shape index (κ3) is 4.48.